The van der Waals surface area contributed by atoms with Gasteiger partial charge in [0, 0.05) is 5.41 Å². The van der Waals surface area contributed by atoms with Crippen LogP contribution < -0.4 is 0 Å². The summed E-state index contributed by atoms with van der Waals surface area (Å²) in [4.78, 5) is 0. The molecule has 1 aliphatic rings. The van der Waals surface area contributed by atoms with Gasteiger partial charge in [0.25, 0.3) is 0 Å². The number of fused-ring (bicyclic) bond motifs is 2. The van der Waals surface area contributed by atoms with E-state index in [0.29, 0.717) is 0 Å². The van der Waals surface area contributed by atoms with Crippen LogP contribution in [0.25, 0.3) is 28.6 Å². The maximum absolute atomic E-state index is 13.3. The van der Waals surface area contributed by atoms with Crippen LogP contribution in [0.2, 0.25) is 0 Å². The van der Waals surface area contributed by atoms with Crippen LogP contribution in [0.5, 0.6) is 0 Å². The fourth-order valence-corrected chi connectivity index (χ4v) is 4.23. The van der Waals surface area contributed by atoms with E-state index in [1.54, 1.807) is 12.1 Å². The van der Waals surface area contributed by atoms with Gasteiger partial charge in [-0.25, -0.2) is 9.07 Å². The Morgan fingerprint density at radius 2 is 1.77 bits per heavy atom. The van der Waals surface area contributed by atoms with E-state index in [9.17, 15) is 4.39 Å². The van der Waals surface area contributed by atoms with Crippen molar-refractivity contribution in [1.29, 1.82) is 0 Å². The molecule has 0 saturated heterocycles. The molecule has 0 radical (unpaired) electrons. The molecule has 1 atom stereocenters. The van der Waals surface area contributed by atoms with E-state index < -0.39 is 0 Å². The van der Waals surface area contributed by atoms with Gasteiger partial charge in [0.05, 0.1) is 17.6 Å². The van der Waals surface area contributed by atoms with Gasteiger partial charge in [0.2, 0.25) is 0 Å². The number of rotatable bonds is 3. The summed E-state index contributed by atoms with van der Waals surface area (Å²) in [5.41, 5.74) is 5.59. The number of nitrogens with zero attached hydrogens (tertiary/aromatic N) is 2. The van der Waals surface area contributed by atoms with E-state index in [2.05, 4.69) is 79.6 Å². The Morgan fingerprint density at radius 3 is 2.60 bits per heavy atom. The van der Waals surface area contributed by atoms with Crippen molar-refractivity contribution in [3.05, 3.63) is 107 Å². The molecule has 0 bridgehead atoms. The van der Waals surface area contributed by atoms with Gasteiger partial charge in [-0.1, -0.05) is 67.1 Å². The Labute approximate surface area is 176 Å². The number of hydrogen-bond acceptors (Lipinski definition) is 1. The lowest BCUT2D eigenvalue weighted by Crippen LogP contribution is -2.22. The molecule has 3 aromatic carbocycles. The minimum atomic E-state index is -0.238. The van der Waals surface area contributed by atoms with E-state index in [0.717, 1.165) is 17.8 Å². The average Bonchev–Trinajstić information content (AvgIpc) is 3.15. The van der Waals surface area contributed by atoms with Gasteiger partial charge >= 0.3 is 0 Å². The smallest absolute Gasteiger partial charge is 0.123 e. The molecule has 1 aromatic heterocycles. The van der Waals surface area contributed by atoms with Gasteiger partial charge in [-0.15, -0.1) is 0 Å². The van der Waals surface area contributed by atoms with Crippen molar-refractivity contribution >= 4 is 22.9 Å². The Kier molecular flexibility index (Phi) is 4.39. The van der Waals surface area contributed by atoms with E-state index in [1.165, 1.54) is 39.6 Å². The molecule has 4 aromatic rings. The fraction of sp³-hybridized carbons (Fsp3) is 0.148. The summed E-state index contributed by atoms with van der Waals surface area (Å²) < 4.78 is 15.2. The van der Waals surface area contributed by atoms with Gasteiger partial charge in [-0.2, -0.15) is 5.10 Å². The summed E-state index contributed by atoms with van der Waals surface area (Å²) >= 11 is 0. The van der Waals surface area contributed by atoms with Crippen LogP contribution in [0.4, 0.5) is 4.39 Å². The maximum atomic E-state index is 13.3. The standard InChI is InChI=1S/C27H23FN2/c1-19-16-26-22(18-29-30(26)24-12-10-23(28)11-13-24)17-27(19,2)15-14-21-8-5-7-20-6-3-4-9-25(20)21/h3-16,18H,17H2,1-2H3/t27-/m0/s1. The second-order valence-electron chi connectivity index (χ2n) is 8.27. The zero-order chi connectivity index (χ0) is 20.7. The second kappa shape index (κ2) is 7.10. The molecule has 0 fully saturated rings. The minimum absolute atomic E-state index is 0.0827. The highest BCUT2D eigenvalue weighted by Gasteiger charge is 2.30. The number of halogens is 1. The van der Waals surface area contributed by atoms with Crippen molar-refractivity contribution < 1.29 is 4.39 Å². The molecule has 30 heavy (non-hydrogen) atoms. The first-order chi connectivity index (χ1) is 14.5. The van der Waals surface area contributed by atoms with Crippen molar-refractivity contribution in [3.8, 4) is 5.69 Å². The molecular formula is C27H23FN2. The molecule has 0 aliphatic heterocycles. The van der Waals surface area contributed by atoms with Crippen molar-refractivity contribution in [3.63, 3.8) is 0 Å². The first-order valence-electron chi connectivity index (χ1n) is 10.2. The fourth-order valence-electron chi connectivity index (χ4n) is 4.23. The highest BCUT2D eigenvalue weighted by molar-refractivity contribution is 5.90. The van der Waals surface area contributed by atoms with Crippen LogP contribution in [0.3, 0.4) is 0 Å². The maximum Gasteiger partial charge on any atom is 0.123 e. The normalized spacial score (nSPS) is 18.6. The van der Waals surface area contributed by atoms with Crippen LogP contribution in [0, 0.1) is 11.2 Å². The summed E-state index contributed by atoms with van der Waals surface area (Å²) in [7, 11) is 0. The van der Waals surface area contributed by atoms with Crippen LogP contribution in [0.15, 0.2) is 84.6 Å². The predicted molar refractivity (Wildman–Crippen MR) is 122 cm³/mol. The van der Waals surface area contributed by atoms with Gasteiger partial charge in [0.1, 0.15) is 5.82 Å². The Hall–Kier alpha value is -3.46. The molecule has 1 aliphatic carbocycles. The summed E-state index contributed by atoms with van der Waals surface area (Å²) in [6, 6.07) is 21.4. The third-order valence-electron chi connectivity index (χ3n) is 6.22. The molecule has 0 spiro atoms. The molecule has 0 N–H and O–H groups in total. The zero-order valence-corrected chi connectivity index (χ0v) is 17.1. The predicted octanol–water partition coefficient (Wildman–Crippen LogP) is 6.84. The van der Waals surface area contributed by atoms with Crippen LogP contribution in [-0.2, 0) is 6.42 Å². The van der Waals surface area contributed by atoms with Crippen molar-refractivity contribution in [1.82, 2.24) is 9.78 Å². The number of benzene rings is 3. The lowest BCUT2D eigenvalue weighted by molar-refractivity contribution is 0.509. The highest BCUT2D eigenvalue weighted by Crippen LogP contribution is 2.40. The molecule has 2 nitrogen and oxygen atoms in total. The number of aromatic nitrogens is 2. The van der Waals surface area contributed by atoms with E-state index in [4.69, 9.17) is 0 Å². The Balaban J connectivity index is 1.50. The van der Waals surface area contributed by atoms with Crippen molar-refractivity contribution in [2.75, 3.05) is 0 Å². The topological polar surface area (TPSA) is 17.8 Å². The summed E-state index contributed by atoms with van der Waals surface area (Å²) in [5.74, 6) is -0.238. The molecule has 0 unspecified atom stereocenters. The second-order valence-corrected chi connectivity index (χ2v) is 8.27. The summed E-state index contributed by atoms with van der Waals surface area (Å²) in [6.07, 6.45) is 9.59. The van der Waals surface area contributed by atoms with Crippen molar-refractivity contribution in [2.24, 2.45) is 5.41 Å². The molecule has 0 amide bonds. The van der Waals surface area contributed by atoms with Crippen molar-refractivity contribution in [2.45, 2.75) is 20.3 Å². The molecular weight excluding hydrogens is 371 g/mol. The third-order valence-corrected chi connectivity index (χ3v) is 6.22. The van der Waals surface area contributed by atoms with Gasteiger partial charge in [0.15, 0.2) is 0 Å². The van der Waals surface area contributed by atoms with E-state index >= 15 is 0 Å². The highest BCUT2D eigenvalue weighted by atomic mass is 19.1. The average molecular weight is 394 g/mol. The molecule has 3 heteroatoms. The van der Waals surface area contributed by atoms with Gasteiger partial charge < -0.3 is 0 Å². The minimum Gasteiger partial charge on any atom is -0.233 e. The summed E-state index contributed by atoms with van der Waals surface area (Å²) in [5, 5.41) is 7.10. The third kappa shape index (κ3) is 3.17. The van der Waals surface area contributed by atoms with Crippen LogP contribution in [-0.4, -0.2) is 9.78 Å². The Morgan fingerprint density at radius 1 is 1.00 bits per heavy atom. The first kappa shape index (κ1) is 18.6. The van der Waals surface area contributed by atoms with Gasteiger partial charge in [-0.3, -0.25) is 0 Å². The number of hydrogen-bond donors (Lipinski definition) is 0. The molecule has 5 rings (SSSR count). The van der Waals surface area contributed by atoms with Gasteiger partial charge in [-0.05, 0) is 65.6 Å². The largest absolute Gasteiger partial charge is 0.233 e. The molecule has 148 valence electrons. The zero-order valence-electron chi connectivity index (χ0n) is 17.1. The lowest BCUT2D eigenvalue weighted by atomic mass is 9.73. The van der Waals surface area contributed by atoms with Crippen LogP contribution in [0.1, 0.15) is 30.7 Å². The lowest BCUT2D eigenvalue weighted by Gasteiger charge is -2.31. The van der Waals surface area contributed by atoms with Crippen LogP contribution >= 0.6 is 0 Å². The SMILES string of the molecule is CC1=Cc2c(cnn2-c2ccc(F)cc2)C[C@]1(C)C=Cc1cccc2ccccc12. The number of allylic oxidation sites excluding steroid dienone is 2. The monoisotopic (exact) mass is 394 g/mol. The molecule has 1 heterocycles. The quantitative estimate of drug-likeness (QED) is 0.372. The van der Waals surface area contributed by atoms with E-state index in [-0.39, 0.29) is 11.2 Å². The Bertz CT molecular complexity index is 1290. The first-order valence-corrected chi connectivity index (χ1v) is 10.2. The molecule has 0 saturated carbocycles. The summed E-state index contributed by atoms with van der Waals surface area (Å²) in [6.45, 7) is 4.46. The van der Waals surface area contributed by atoms with E-state index in [1.807, 2.05) is 10.9 Å².